The number of aromatic nitrogens is 1. The van der Waals surface area contributed by atoms with Gasteiger partial charge in [0.25, 0.3) is 0 Å². The number of halogens is 1. The first-order valence-electron chi connectivity index (χ1n) is 6.27. The summed E-state index contributed by atoms with van der Waals surface area (Å²) in [6, 6.07) is 7.37. The third kappa shape index (κ3) is 3.68. The van der Waals surface area contributed by atoms with E-state index < -0.39 is 11.0 Å². The average Bonchev–Trinajstić information content (AvgIpc) is 2.49. The molecule has 1 atom stereocenters. The quantitative estimate of drug-likeness (QED) is 0.669. The third-order valence-electron chi connectivity index (χ3n) is 2.83. The monoisotopic (exact) mass is 308 g/mol. The van der Waals surface area contributed by atoms with Crippen molar-refractivity contribution in [2.45, 2.75) is 19.4 Å². The maximum absolute atomic E-state index is 11.0. The molecule has 0 saturated carbocycles. The van der Waals surface area contributed by atoms with E-state index in [1.807, 2.05) is 6.92 Å². The Kier molecular flexibility index (Phi) is 4.72. The second kappa shape index (κ2) is 6.51. The molecule has 0 aliphatic carbocycles. The minimum atomic E-state index is -0.635. The van der Waals surface area contributed by atoms with Crippen molar-refractivity contribution in [1.82, 2.24) is 4.98 Å². The van der Waals surface area contributed by atoms with E-state index >= 15 is 0 Å². The number of aliphatic hydroxyl groups excluding tert-OH is 1. The normalized spacial score (nSPS) is 12.0. The molecule has 1 aromatic carbocycles. The van der Waals surface area contributed by atoms with Crippen LogP contribution in [0.15, 0.2) is 36.5 Å². The van der Waals surface area contributed by atoms with Gasteiger partial charge in [0.1, 0.15) is 5.75 Å². The van der Waals surface area contributed by atoms with Gasteiger partial charge in [0.05, 0.1) is 22.9 Å². The minimum Gasteiger partial charge on any atom is -0.449 e. The molecular weight excluding hydrogens is 296 g/mol. The summed E-state index contributed by atoms with van der Waals surface area (Å²) < 4.78 is 5.45. The number of pyridine rings is 1. The van der Waals surface area contributed by atoms with Crippen molar-refractivity contribution in [3.63, 3.8) is 0 Å². The summed E-state index contributed by atoms with van der Waals surface area (Å²) >= 11 is 5.74. The molecule has 21 heavy (non-hydrogen) atoms. The van der Waals surface area contributed by atoms with Crippen LogP contribution in [0.4, 0.5) is 5.69 Å². The van der Waals surface area contributed by atoms with Crippen molar-refractivity contribution >= 4 is 17.3 Å². The molecule has 1 N–H and O–H groups in total. The number of rotatable bonds is 5. The summed E-state index contributed by atoms with van der Waals surface area (Å²) in [4.78, 5) is 14.5. The van der Waals surface area contributed by atoms with Crippen molar-refractivity contribution in [2.24, 2.45) is 0 Å². The van der Waals surface area contributed by atoms with Crippen LogP contribution in [0.5, 0.6) is 11.5 Å². The first-order valence-corrected chi connectivity index (χ1v) is 6.65. The fraction of sp³-hybridized carbons (Fsp3) is 0.214. The van der Waals surface area contributed by atoms with Gasteiger partial charge in [-0.3, -0.25) is 15.1 Å². The van der Waals surface area contributed by atoms with Crippen LogP contribution >= 0.6 is 11.6 Å². The lowest BCUT2D eigenvalue weighted by Crippen LogP contribution is -1.99. The topological polar surface area (TPSA) is 85.5 Å². The van der Waals surface area contributed by atoms with Crippen LogP contribution in [-0.4, -0.2) is 15.0 Å². The van der Waals surface area contributed by atoms with E-state index in [9.17, 15) is 15.2 Å². The highest BCUT2D eigenvalue weighted by Gasteiger charge is 2.16. The molecule has 0 aliphatic heterocycles. The van der Waals surface area contributed by atoms with Gasteiger partial charge in [-0.05, 0) is 30.7 Å². The van der Waals surface area contributed by atoms with Crippen molar-refractivity contribution in [1.29, 1.82) is 0 Å². The Balaban J connectivity index is 2.24. The van der Waals surface area contributed by atoms with Gasteiger partial charge in [-0.25, -0.2) is 0 Å². The fourth-order valence-electron chi connectivity index (χ4n) is 1.70. The summed E-state index contributed by atoms with van der Waals surface area (Å²) in [5, 5.41) is 20.9. The molecule has 0 amide bonds. The van der Waals surface area contributed by atoms with Gasteiger partial charge in [0.15, 0.2) is 0 Å². The van der Waals surface area contributed by atoms with E-state index in [-0.39, 0.29) is 16.5 Å². The lowest BCUT2D eigenvalue weighted by atomic mass is 10.2. The lowest BCUT2D eigenvalue weighted by Gasteiger charge is -2.09. The van der Waals surface area contributed by atoms with E-state index in [0.717, 1.165) is 0 Å². The van der Waals surface area contributed by atoms with Gasteiger partial charge in [-0.2, -0.15) is 0 Å². The highest BCUT2D eigenvalue weighted by molar-refractivity contribution is 6.30. The van der Waals surface area contributed by atoms with Crippen molar-refractivity contribution in [3.8, 4) is 11.5 Å². The van der Waals surface area contributed by atoms with Gasteiger partial charge in [-0.15, -0.1) is 0 Å². The molecule has 0 radical (unpaired) electrons. The number of nitro groups is 1. The first-order chi connectivity index (χ1) is 10.0. The number of nitrogens with zero attached hydrogens (tertiary/aromatic N) is 2. The average molecular weight is 309 g/mol. The Labute approximate surface area is 126 Å². The number of ether oxygens (including phenoxy) is 1. The van der Waals surface area contributed by atoms with Gasteiger partial charge < -0.3 is 9.84 Å². The van der Waals surface area contributed by atoms with Gasteiger partial charge in [0, 0.05) is 11.1 Å². The number of nitro benzene ring substituents is 1. The Hall–Kier alpha value is -2.18. The van der Waals surface area contributed by atoms with E-state index in [0.29, 0.717) is 17.9 Å². The lowest BCUT2D eigenvalue weighted by molar-refractivity contribution is -0.385. The number of hydrogen-bond donors (Lipinski definition) is 1. The Morgan fingerprint density at radius 2 is 2.19 bits per heavy atom. The standard InChI is InChI=1S/C14H13ClN2O4/c1-2-13(18)11-5-4-10(8-16-11)21-14-6-3-9(15)7-12(14)17(19)20/h3-8,13,18H,2H2,1H3. The van der Waals surface area contributed by atoms with Crippen LogP contribution in [-0.2, 0) is 0 Å². The van der Waals surface area contributed by atoms with Crippen LogP contribution in [0.25, 0.3) is 0 Å². The molecule has 6 nitrogen and oxygen atoms in total. The van der Waals surface area contributed by atoms with Crippen LogP contribution < -0.4 is 4.74 Å². The summed E-state index contributed by atoms with van der Waals surface area (Å²) in [6.45, 7) is 1.84. The molecule has 0 spiro atoms. The molecule has 1 unspecified atom stereocenters. The number of aliphatic hydroxyl groups is 1. The molecular formula is C14H13ClN2O4. The first kappa shape index (κ1) is 15.2. The molecule has 7 heteroatoms. The molecule has 1 aromatic heterocycles. The van der Waals surface area contributed by atoms with E-state index in [4.69, 9.17) is 16.3 Å². The highest BCUT2D eigenvalue weighted by Crippen LogP contribution is 2.33. The van der Waals surface area contributed by atoms with Crippen molar-refractivity contribution in [3.05, 3.63) is 57.4 Å². The van der Waals surface area contributed by atoms with Gasteiger partial charge in [-0.1, -0.05) is 18.5 Å². The van der Waals surface area contributed by atoms with Crippen LogP contribution in [0.3, 0.4) is 0 Å². The Morgan fingerprint density at radius 3 is 2.76 bits per heavy atom. The van der Waals surface area contributed by atoms with Gasteiger partial charge >= 0.3 is 5.69 Å². The molecule has 0 fully saturated rings. The maximum Gasteiger partial charge on any atom is 0.313 e. The Morgan fingerprint density at radius 1 is 1.43 bits per heavy atom. The molecule has 0 saturated heterocycles. The molecule has 0 bridgehead atoms. The highest BCUT2D eigenvalue weighted by atomic mass is 35.5. The van der Waals surface area contributed by atoms with Crippen LogP contribution in [0.2, 0.25) is 5.02 Å². The second-order valence-corrected chi connectivity index (χ2v) is 4.75. The van der Waals surface area contributed by atoms with Crippen molar-refractivity contribution in [2.75, 3.05) is 0 Å². The molecule has 110 valence electrons. The zero-order valence-corrected chi connectivity index (χ0v) is 11.9. The van der Waals surface area contributed by atoms with Crippen molar-refractivity contribution < 1.29 is 14.8 Å². The third-order valence-corrected chi connectivity index (χ3v) is 3.07. The number of benzene rings is 1. The number of hydrogen-bond acceptors (Lipinski definition) is 5. The summed E-state index contributed by atoms with van der Waals surface area (Å²) in [6.07, 6.45) is 1.33. The Bertz CT molecular complexity index is 646. The second-order valence-electron chi connectivity index (χ2n) is 4.31. The van der Waals surface area contributed by atoms with E-state index in [1.54, 1.807) is 12.1 Å². The predicted octanol–water partition coefficient (Wildman–Crippen LogP) is 3.88. The minimum absolute atomic E-state index is 0.0787. The smallest absolute Gasteiger partial charge is 0.313 e. The van der Waals surface area contributed by atoms with Crippen LogP contribution in [0, 0.1) is 10.1 Å². The predicted molar refractivity (Wildman–Crippen MR) is 77.7 cm³/mol. The molecule has 1 heterocycles. The zero-order valence-electron chi connectivity index (χ0n) is 11.2. The molecule has 2 rings (SSSR count). The molecule has 2 aromatic rings. The summed E-state index contributed by atoms with van der Waals surface area (Å²) in [5.74, 6) is 0.419. The van der Waals surface area contributed by atoms with Crippen LogP contribution in [0.1, 0.15) is 25.1 Å². The van der Waals surface area contributed by atoms with E-state index in [2.05, 4.69) is 4.98 Å². The SMILES string of the molecule is CCC(O)c1ccc(Oc2ccc(Cl)cc2[N+](=O)[O-])cn1. The maximum atomic E-state index is 11.0. The van der Waals surface area contributed by atoms with E-state index in [1.165, 1.54) is 24.4 Å². The summed E-state index contributed by atoms with van der Waals surface area (Å²) in [5.41, 5.74) is 0.302. The largest absolute Gasteiger partial charge is 0.449 e. The summed E-state index contributed by atoms with van der Waals surface area (Å²) in [7, 11) is 0. The molecule has 0 aliphatic rings. The zero-order chi connectivity index (χ0) is 15.4. The van der Waals surface area contributed by atoms with Gasteiger partial charge in [0.2, 0.25) is 5.75 Å². The fourth-order valence-corrected chi connectivity index (χ4v) is 1.87.